The number of halogens is 1. The Bertz CT molecular complexity index is 921. The molecule has 1 aliphatic heterocycles. The highest BCUT2D eigenvalue weighted by atomic mass is 19.1. The normalized spacial score (nSPS) is 12.8. The van der Waals surface area contributed by atoms with E-state index in [1.807, 2.05) is 18.2 Å². The summed E-state index contributed by atoms with van der Waals surface area (Å²) in [5.74, 6) is -0.200. The predicted octanol–water partition coefficient (Wildman–Crippen LogP) is 3.56. The number of anilines is 1. The van der Waals surface area contributed by atoms with Crippen molar-refractivity contribution >= 4 is 11.6 Å². The lowest BCUT2D eigenvalue weighted by atomic mass is 10.1. The van der Waals surface area contributed by atoms with Crippen molar-refractivity contribution in [1.82, 2.24) is 9.97 Å². The van der Waals surface area contributed by atoms with Gasteiger partial charge in [0.2, 0.25) is 5.91 Å². The minimum atomic E-state index is -0.223. The average molecular weight is 333 g/mol. The van der Waals surface area contributed by atoms with Gasteiger partial charge in [0.15, 0.2) is 0 Å². The van der Waals surface area contributed by atoms with Gasteiger partial charge in [-0.2, -0.15) is 0 Å². The van der Waals surface area contributed by atoms with E-state index < -0.39 is 0 Å². The topological polar surface area (TPSA) is 54.9 Å². The van der Waals surface area contributed by atoms with Gasteiger partial charge in [0, 0.05) is 17.4 Å². The van der Waals surface area contributed by atoms with Crippen LogP contribution >= 0.6 is 0 Å². The van der Waals surface area contributed by atoms with Crippen LogP contribution in [0.3, 0.4) is 0 Å². The zero-order valence-corrected chi connectivity index (χ0v) is 13.5. The lowest BCUT2D eigenvalue weighted by Gasteiger charge is -2.05. The fourth-order valence-electron chi connectivity index (χ4n) is 2.95. The molecule has 0 fully saturated rings. The SMILES string of the molecule is O=C1Cc2cc(-c3cnc(CCc4ccc(F)cc4)cn3)ccc2N1. The van der Waals surface area contributed by atoms with Gasteiger partial charge in [-0.3, -0.25) is 14.8 Å². The molecule has 4 nitrogen and oxygen atoms in total. The summed E-state index contributed by atoms with van der Waals surface area (Å²) < 4.78 is 12.9. The van der Waals surface area contributed by atoms with Crippen LogP contribution in [0.5, 0.6) is 0 Å². The van der Waals surface area contributed by atoms with E-state index in [4.69, 9.17) is 0 Å². The van der Waals surface area contributed by atoms with Gasteiger partial charge in [-0.1, -0.05) is 18.2 Å². The summed E-state index contributed by atoms with van der Waals surface area (Å²) in [5, 5.41) is 2.82. The van der Waals surface area contributed by atoms with Gasteiger partial charge < -0.3 is 5.32 Å². The van der Waals surface area contributed by atoms with E-state index in [0.717, 1.165) is 46.6 Å². The van der Waals surface area contributed by atoms with Crippen molar-refractivity contribution in [3.8, 4) is 11.3 Å². The Labute approximate surface area is 144 Å². The molecule has 1 amide bonds. The molecule has 25 heavy (non-hydrogen) atoms. The summed E-state index contributed by atoms with van der Waals surface area (Å²) >= 11 is 0. The molecule has 1 aromatic heterocycles. The summed E-state index contributed by atoms with van der Waals surface area (Å²) in [6.07, 6.45) is 5.48. The van der Waals surface area contributed by atoms with Crippen molar-refractivity contribution in [1.29, 1.82) is 0 Å². The van der Waals surface area contributed by atoms with Crippen molar-refractivity contribution in [2.75, 3.05) is 5.32 Å². The summed E-state index contributed by atoms with van der Waals surface area (Å²) in [6, 6.07) is 12.3. The molecule has 2 aromatic carbocycles. The van der Waals surface area contributed by atoms with E-state index in [0.29, 0.717) is 6.42 Å². The first kappa shape index (κ1) is 15.4. The van der Waals surface area contributed by atoms with E-state index in [1.54, 1.807) is 24.5 Å². The van der Waals surface area contributed by atoms with Gasteiger partial charge in [-0.15, -0.1) is 0 Å². The third-order valence-electron chi connectivity index (χ3n) is 4.31. The minimum Gasteiger partial charge on any atom is -0.326 e. The fraction of sp³-hybridized carbons (Fsp3) is 0.150. The lowest BCUT2D eigenvalue weighted by Crippen LogP contribution is -2.03. The number of carbonyl (C=O) groups excluding carboxylic acids is 1. The van der Waals surface area contributed by atoms with E-state index in [2.05, 4.69) is 15.3 Å². The van der Waals surface area contributed by atoms with Crippen LogP contribution in [0, 0.1) is 5.82 Å². The van der Waals surface area contributed by atoms with Crippen molar-refractivity contribution in [3.63, 3.8) is 0 Å². The van der Waals surface area contributed by atoms with Gasteiger partial charge in [0.1, 0.15) is 5.82 Å². The number of rotatable bonds is 4. The molecule has 0 saturated heterocycles. The Morgan fingerprint density at radius 3 is 2.60 bits per heavy atom. The Morgan fingerprint density at radius 1 is 1.00 bits per heavy atom. The van der Waals surface area contributed by atoms with Crippen LogP contribution < -0.4 is 5.32 Å². The monoisotopic (exact) mass is 333 g/mol. The van der Waals surface area contributed by atoms with Gasteiger partial charge in [-0.05, 0) is 48.2 Å². The number of carbonyl (C=O) groups is 1. The molecule has 3 aromatic rings. The van der Waals surface area contributed by atoms with E-state index in [9.17, 15) is 9.18 Å². The maximum absolute atomic E-state index is 12.9. The second-order valence-electron chi connectivity index (χ2n) is 6.12. The Balaban J connectivity index is 1.46. The third-order valence-corrected chi connectivity index (χ3v) is 4.31. The Hall–Kier alpha value is -3.08. The number of amides is 1. The number of aromatic nitrogens is 2. The van der Waals surface area contributed by atoms with Gasteiger partial charge in [-0.25, -0.2) is 4.39 Å². The van der Waals surface area contributed by atoms with Crippen molar-refractivity contribution in [3.05, 3.63) is 77.5 Å². The molecule has 1 N–H and O–H groups in total. The van der Waals surface area contributed by atoms with E-state index >= 15 is 0 Å². The summed E-state index contributed by atoms with van der Waals surface area (Å²) in [5.41, 5.74) is 5.57. The van der Waals surface area contributed by atoms with Crippen molar-refractivity contribution < 1.29 is 9.18 Å². The number of nitrogens with zero attached hydrogens (tertiary/aromatic N) is 2. The third kappa shape index (κ3) is 3.40. The molecule has 2 heterocycles. The average Bonchev–Trinajstić information content (AvgIpc) is 3.01. The number of benzene rings is 2. The van der Waals surface area contributed by atoms with Gasteiger partial charge in [0.05, 0.1) is 24.0 Å². The molecular formula is C20H16FN3O. The summed E-state index contributed by atoms with van der Waals surface area (Å²) in [4.78, 5) is 20.4. The van der Waals surface area contributed by atoms with E-state index in [-0.39, 0.29) is 11.7 Å². The summed E-state index contributed by atoms with van der Waals surface area (Å²) in [7, 11) is 0. The maximum Gasteiger partial charge on any atom is 0.228 e. The van der Waals surface area contributed by atoms with Crippen LogP contribution in [0.4, 0.5) is 10.1 Å². The number of hydrogen-bond donors (Lipinski definition) is 1. The second-order valence-corrected chi connectivity index (χ2v) is 6.12. The van der Waals surface area contributed by atoms with Crippen LogP contribution in [0.15, 0.2) is 54.9 Å². The summed E-state index contributed by atoms with van der Waals surface area (Å²) in [6.45, 7) is 0. The number of aryl methyl sites for hydroxylation is 2. The van der Waals surface area contributed by atoms with Crippen LogP contribution in [-0.2, 0) is 24.1 Å². The smallest absolute Gasteiger partial charge is 0.228 e. The van der Waals surface area contributed by atoms with Crippen LogP contribution in [0.25, 0.3) is 11.3 Å². The van der Waals surface area contributed by atoms with Crippen LogP contribution in [0.1, 0.15) is 16.8 Å². The molecule has 0 bridgehead atoms. The minimum absolute atomic E-state index is 0.0226. The van der Waals surface area contributed by atoms with Gasteiger partial charge in [0.25, 0.3) is 0 Å². The van der Waals surface area contributed by atoms with Crippen molar-refractivity contribution in [2.24, 2.45) is 0 Å². The first-order chi connectivity index (χ1) is 12.2. The van der Waals surface area contributed by atoms with E-state index in [1.165, 1.54) is 12.1 Å². The molecule has 0 aliphatic carbocycles. The molecule has 0 atom stereocenters. The molecular weight excluding hydrogens is 317 g/mol. The molecule has 124 valence electrons. The Kier molecular flexibility index (Phi) is 3.98. The van der Waals surface area contributed by atoms with Crippen LogP contribution in [-0.4, -0.2) is 15.9 Å². The molecule has 0 unspecified atom stereocenters. The predicted molar refractivity (Wildman–Crippen MR) is 93.6 cm³/mol. The molecule has 1 aliphatic rings. The highest BCUT2D eigenvalue weighted by Gasteiger charge is 2.18. The second kappa shape index (κ2) is 6.43. The largest absolute Gasteiger partial charge is 0.326 e. The fourth-order valence-corrected chi connectivity index (χ4v) is 2.95. The quantitative estimate of drug-likeness (QED) is 0.794. The highest BCUT2D eigenvalue weighted by Crippen LogP contribution is 2.27. The molecule has 4 rings (SSSR count). The molecule has 0 spiro atoms. The molecule has 0 radical (unpaired) electrons. The van der Waals surface area contributed by atoms with Crippen LogP contribution in [0.2, 0.25) is 0 Å². The highest BCUT2D eigenvalue weighted by molar-refractivity contribution is 5.99. The lowest BCUT2D eigenvalue weighted by molar-refractivity contribution is -0.115. The first-order valence-electron chi connectivity index (χ1n) is 8.16. The number of fused-ring (bicyclic) bond motifs is 1. The first-order valence-corrected chi connectivity index (χ1v) is 8.16. The zero-order valence-electron chi connectivity index (χ0n) is 13.5. The molecule has 5 heteroatoms. The Morgan fingerprint density at radius 2 is 1.84 bits per heavy atom. The number of nitrogens with one attached hydrogen (secondary N) is 1. The number of hydrogen-bond acceptors (Lipinski definition) is 3. The van der Waals surface area contributed by atoms with Crippen molar-refractivity contribution in [2.45, 2.75) is 19.3 Å². The maximum atomic E-state index is 12.9. The standard InChI is InChI=1S/C20H16FN3O/c21-16-5-1-13(2-6-16)3-7-17-11-23-19(12-22-17)14-4-8-18-15(9-14)10-20(25)24-18/h1-2,4-6,8-9,11-12H,3,7,10H2,(H,24,25). The molecule has 0 saturated carbocycles. The zero-order chi connectivity index (χ0) is 17.2. The van der Waals surface area contributed by atoms with Gasteiger partial charge >= 0.3 is 0 Å².